The summed E-state index contributed by atoms with van der Waals surface area (Å²) in [6, 6.07) is 1.09. The lowest BCUT2D eigenvalue weighted by Gasteiger charge is -2.18. The van der Waals surface area contributed by atoms with E-state index in [1.165, 1.54) is 19.9 Å². The molecule has 0 saturated carbocycles. The third kappa shape index (κ3) is 4.74. The molecule has 0 aromatic heterocycles. The van der Waals surface area contributed by atoms with Gasteiger partial charge in [0.1, 0.15) is 17.3 Å². The van der Waals surface area contributed by atoms with Crippen LogP contribution in [0.15, 0.2) is 26.3 Å². The summed E-state index contributed by atoms with van der Waals surface area (Å²) in [5.41, 5.74) is 0.391. The van der Waals surface area contributed by atoms with Crippen LogP contribution in [-0.2, 0) is 29.6 Å². The van der Waals surface area contributed by atoms with Gasteiger partial charge in [-0.2, -0.15) is 8.42 Å². The SMILES string of the molecule is CCOC(=O)CNC(=O)NS(=O)(=O)c1cc2c(cc1C)NC(C)=NS2(=O)=O. The smallest absolute Gasteiger partial charge is 0.329 e. The van der Waals surface area contributed by atoms with Crippen molar-refractivity contribution >= 4 is 43.6 Å². The van der Waals surface area contributed by atoms with E-state index in [2.05, 4.69) is 14.5 Å². The van der Waals surface area contributed by atoms with Crippen molar-refractivity contribution in [2.24, 2.45) is 4.40 Å². The lowest BCUT2D eigenvalue weighted by molar-refractivity contribution is -0.141. The molecule has 1 aromatic carbocycles. The van der Waals surface area contributed by atoms with E-state index in [1.54, 1.807) is 11.6 Å². The van der Waals surface area contributed by atoms with Gasteiger partial charge in [-0.25, -0.2) is 17.9 Å². The number of ether oxygens (including phenoxy) is 1. The van der Waals surface area contributed by atoms with Gasteiger partial charge in [0.25, 0.3) is 20.0 Å². The molecule has 0 saturated heterocycles. The van der Waals surface area contributed by atoms with Crippen LogP contribution in [0, 0.1) is 6.92 Å². The molecule has 27 heavy (non-hydrogen) atoms. The molecule has 0 unspecified atom stereocenters. The van der Waals surface area contributed by atoms with Crippen molar-refractivity contribution in [2.75, 3.05) is 18.5 Å². The quantitative estimate of drug-likeness (QED) is 0.567. The maximum Gasteiger partial charge on any atom is 0.329 e. The molecule has 1 aromatic rings. The molecule has 0 atom stereocenters. The maximum atomic E-state index is 12.5. The predicted molar refractivity (Wildman–Crippen MR) is 95.4 cm³/mol. The van der Waals surface area contributed by atoms with E-state index in [0.717, 1.165) is 6.07 Å². The molecule has 0 radical (unpaired) electrons. The molecule has 1 aliphatic rings. The fraction of sp³-hybridized carbons (Fsp3) is 0.357. The molecule has 11 nitrogen and oxygen atoms in total. The van der Waals surface area contributed by atoms with Gasteiger partial charge in [-0.3, -0.25) is 4.79 Å². The van der Waals surface area contributed by atoms with Crippen LogP contribution in [0.4, 0.5) is 10.5 Å². The van der Waals surface area contributed by atoms with Crippen LogP contribution in [0.2, 0.25) is 0 Å². The number of hydrogen-bond acceptors (Lipinski definition) is 8. The fourth-order valence-corrected chi connectivity index (χ4v) is 4.71. The standard InChI is InChI=1S/C14H18N4O7S2/c1-4-25-13(19)7-15-14(20)18-26(21,22)11-6-12-10(5-8(11)2)16-9(3)17-27(12,23)24/h5-6H,4,7H2,1-3H3,(H,16,17)(H2,15,18,20). The average molecular weight is 418 g/mol. The number of fused-ring (bicyclic) bond motifs is 1. The topological polar surface area (TPSA) is 160 Å². The summed E-state index contributed by atoms with van der Waals surface area (Å²) >= 11 is 0. The van der Waals surface area contributed by atoms with Crippen molar-refractivity contribution in [3.05, 3.63) is 17.7 Å². The number of nitrogens with one attached hydrogen (secondary N) is 3. The molecule has 13 heteroatoms. The van der Waals surface area contributed by atoms with Crippen molar-refractivity contribution in [3.63, 3.8) is 0 Å². The Bertz CT molecular complexity index is 1030. The first kappa shape index (κ1) is 20.6. The normalized spacial score (nSPS) is 15.0. The minimum atomic E-state index is -4.40. The molecule has 2 rings (SSSR count). The summed E-state index contributed by atoms with van der Waals surface area (Å²) in [5.74, 6) is -0.589. The van der Waals surface area contributed by atoms with Crippen LogP contribution in [0.3, 0.4) is 0 Å². The lowest BCUT2D eigenvalue weighted by atomic mass is 10.2. The van der Waals surface area contributed by atoms with Crippen LogP contribution in [0.1, 0.15) is 19.4 Å². The number of amides is 2. The number of amidine groups is 1. The Kier molecular flexibility index (Phi) is 5.75. The van der Waals surface area contributed by atoms with E-state index in [0.29, 0.717) is 0 Å². The second-order valence-electron chi connectivity index (χ2n) is 5.48. The molecule has 0 fully saturated rings. The molecule has 2 amide bonds. The zero-order chi connectivity index (χ0) is 20.4. The number of benzene rings is 1. The summed E-state index contributed by atoms with van der Waals surface area (Å²) < 4.78 is 59.0. The highest BCUT2D eigenvalue weighted by Crippen LogP contribution is 2.31. The number of rotatable bonds is 5. The second-order valence-corrected chi connectivity index (χ2v) is 8.71. The van der Waals surface area contributed by atoms with Crippen LogP contribution in [0.25, 0.3) is 0 Å². The first-order valence-electron chi connectivity index (χ1n) is 7.66. The Morgan fingerprint density at radius 1 is 1.26 bits per heavy atom. The zero-order valence-corrected chi connectivity index (χ0v) is 16.3. The van der Waals surface area contributed by atoms with Gasteiger partial charge in [0.15, 0.2) is 0 Å². The van der Waals surface area contributed by atoms with Gasteiger partial charge >= 0.3 is 12.0 Å². The molecule has 0 bridgehead atoms. The summed E-state index contributed by atoms with van der Waals surface area (Å²) in [7, 11) is -8.48. The molecular formula is C14H18N4O7S2. The number of aryl methyl sites for hydroxylation is 1. The van der Waals surface area contributed by atoms with E-state index in [4.69, 9.17) is 0 Å². The van der Waals surface area contributed by atoms with Crippen molar-refractivity contribution in [1.29, 1.82) is 0 Å². The molecule has 0 spiro atoms. The third-order valence-corrected chi connectivity index (χ3v) is 6.22. The van der Waals surface area contributed by atoms with Gasteiger partial charge in [0.2, 0.25) is 0 Å². The van der Waals surface area contributed by atoms with E-state index < -0.39 is 43.5 Å². The molecule has 3 N–H and O–H groups in total. The Hall–Kier alpha value is -2.67. The lowest BCUT2D eigenvalue weighted by Crippen LogP contribution is -2.42. The molecule has 1 heterocycles. The Labute approximate surface area is 156 Å². The van der Waals surface area contributed by atoms with E-state index >= 15 is 0 Å². The van der Waals surface area contributed by atoms with Crippen LogP contribution in [-0.4, -0.2) is 47.8 Å². The number of hydrogen-bond donors (Lipinski definition) is 3. The Balaban J connectivity index is 2.28. The summed E-state index contributed by atoms with van der Waals surface area (Å²) in [6.45, 7) is 4.07. The van der Waals surface area contributed by atoms with Crippen molar-refractivity contribution < 1.29 is 31.2 Å². The maximum absolute atomic E-state index is 12.5. The number of nitrogens with zero attached hydrogens (tertiary/aromatic N) is 1. The van der Waals surface area contributed by atoms with Gasteiger partial charge in [0.05, 0.1) is 17.2 Å². The number of esters is 1. The number of anilines is 1. The molecular weight excluding hydrogens is 400 g/mol. The highest BCUT2D eigenvalue weighted by molar-refractivity contribution is 7.91. The number of carbonyl (C=O) groups excluding carboxylic acids is 2. The highest BCUT2D eigenvalue weighted by Gasteiger charge is 2.29. The second kappa shape index (κ2) is 7.52. The van der Waals surface area contributed by atoms with Crippen LogP contribution >= 0.6 is 0 Å². The van der Waals surface area contributed by atoms with Crippen molar-refractivity contribution in [3.8, 4) is 0 Å². The average Bonchev–Trinajstić information content (AvgIpc) is 2.50. The van der Waals surface area contributed by atoms with Crippen LogP contribution < -0.4 is 15.4 Å². The predicted octanol–water partition coefficient (Wildman–Crippen LogP) is 0.0786. The molecule has 1 aliphatic heterocycles. The zero-order valence-electron chi connectivity index (χ0n) is 14.7. The third-order valence-electron chi connectivity index (χ3n) is 3.34. The number of carbonyl (C=O) groups is 2. The van der Waals surface area contributed by atoms with Gasteiger partial charge in [0, 0.05) is 0 Å². The minimum Gasteiger partial charge on any atom is -0.465 e. The van der Waals surface area contributed by atoms with E-state index in [1.807, 2.05) is 5.32 Å². The highest BCUT2D eigenvalue weighted by atomic mass is 32.2. The minimum absolute atomic E-state index is 0.110. The van der Waals surface area contributed by atoms with E-state index in [9.17, 15) is 26.4 Å². The summed E-state index contributed by atoms with van der Waals surface area (Å²) in [4.78, 5) is 22.2. The Morgan fingerprint density at radius 2 is 1.93 bits per heavy atom. The summed E-state index contributed by atoms with van der Waals surface area (Å²) in [5, 5.41) is 4.79. The van der Waals surface area contributed by atoms with Gasteiger partial charge in [-0.1, -0.05) is 0 Å². The van der Waals surface area contributed by atoms with Crippen molar-refractivity contribution in [2.45, 2.75) is 30.6 Å². The number of urea groups is 1. The fourth-order valence-electron chi connectivity index (χ4n) is 2.29. The van der Waals surface area contributed by atoms with Crippen molar-refractivity contribution in [1.82, 2.24) is 10.0 Å². The number of sulfonamides is 2. The van der Waals surface area contributed by atoms with E-state index in [-0.39, 0.29) is 28.6 Å². The Morgan fingerprint density at radius 3 is 2.56 bits per heavy atom. The summed E-state index contributed by atoms with van der Waals surface area (Å²) in [6.07, 6.45) is 0. The van der Waals surface area contributed by atoms with Gasteiger partial charge < -0.3 is 15.4 Å². The van der Waals surface area contributed by atoms with Gasteiger partial charge in [-0.15, -0.1) is 4.40 Å². The van der Waals surface area contributed by atoms with Gasteiger partial charge in [-0.05, 0) is 38.5 Å². The molecule has 0 aliphatic carbocycles. The first-order valence-corrected chi connectivity index (χ1v) is 10.6. The largest absolute Gasteiger partial charge is 0.465 e. The van der Waals surface area contributed by atoms with Crippen LogP contribution in [0.5, 0.6) is 0 Å². The first-order chi connectivity index (χ1) is 12.5. The molecule has 148 valence electrons. The monoisotopic (exact) mass is 418 g/mol.